The number of amides is 2. The number of hydrogen-bond donors (Lipinski definition) is 1. The lowest BCUT2D eigenvalue weighted by molar-refractivity contribution is -0.132. The summed E-state index contributed by atoms with van der Waals surface area (Å²) in [5, 5.41) is 0. The van der Waals surface area contributed by atoms with E-state index in [9.17, 15) is 14.4 Å². The second-order valence-corrected chi connectivity index (χ2v) is 8.27. The van der Waals surface area contributed by atoms with Gasteiger partial charge >= 0.3 is 5.97 Å². The quantitative estimate of drug-likeness (QED) is 0.464. The zero-order valence-corrected chi connectivity index (χ0v) is 19.7. The summed E-state index contributed by atoms with van der Waals surface area (Å²) < 4.78 is 10.1. The molecule has 1 N–H and O–H groups in total. The molecule has 0 saturated carbocycles. The largest absolute Gasteiger partial charge is 0.460 e. The van der Waals surface area contributed by atoms with Crippen LogP contribution >= 0.6 is 0 Å². The molecule has 2 aromatic rings. The summed E-state index contributed by atoms with van der Waals surface area (Å²) in [6, 6.07) is 10.1. The molecule has 3 rings (SSSR count). The third kappa shape index (κ3) is 6.22. The highest BCUT2D eigenvalue weighted by atomic mass is 16.6. The van der Waals surface area contributed by atoms with E-state index in [1.165, 1.54) is 12.7 Å². The van der Waals surface area contributed by atoms with Crippen molar-refractivity contribution in [3.8, 4) is 0 Å². The maximum Gasteiger partial charge on any atom is 0.340 e. The SMILES string of the molecule is COCCOC(=O)c1c(C)[nH]c(C(=O)N2CCN(C(=O)CCCc3ccccc3)CC2)c1C. The van der Waals surface area contributed by atoms with Crippen LogP contribution in [-0.2, 0) is 20.7 Å². The zero-order chi connectivity index (χ0) is 23.8. The lowest BCUT2D eigenvalue weighted by Gasteiger charge is -2.34. The van der Waals surface area contributed by atoms with Crippen molar-refractivity contribution < 1.29 is 23.9 Å². The van der Waals surface area contributed by atoms with Gasteiger partial charge < -0.3 is 24.3 Å². The Morgan fingerprint density at radius 1 is 0.970 bits per heavy atom. The number of methoxy groups -OCH3 is 1. The Labute approximate surface area is 194 Å². The molecule has 1 aliphatic heterocycles. The molecule has 1 aliphatic rings. The zero-order valence-electron chi connectivity index (χ0n) is 19.7. The first-order chi connectivity index (χ1) is 15.9. The van der Waals surface area contributed by atoms with E-state index in [1.54, 1.807) is 18.7 Å². The first kappa shape index (κ1) is 24.5. The van der Waals surface area contributed by atoms with Crippen molar-refractivity contribution in [3.63, 3.8) is 0 Å². The summed E-state index contributed by atoms with van der Waals surface area (Å²) in [5.41, 5.74) is 3.21. The molecule has 1 fully saturated rings. The maximum atomic E-state index is 13.1. The van der Waals surface area contributed by atoms with Crippen LogP contribution in [0.15, 0.2) is 30.3 Å². The molecule has 33 heavy (non-hydrogen) atoms. The van der Waals surface area contributed by atoms with Crippen LogP contribution in [-0.4, -0.2) is 79.1 Å². The molecule has 0 bridgehead atoms. The number of ether oxygens (including phenoxy) is 2. The number of carbonyl (C=O) groups is 3. The van der Waals surface area contributed by atoms with Gasteiger partial charge in [-0.1, -0.05) is 30.3 Å². The fourth-order valence-corrected chi connectivity index (χ4v) is 4.12. The Bertz CT molecular complexity index is 962. The number of hydrogen-bond acceptors (Lipinski definition) is 5. The molecule has 0 radical (unpaired) electrons. The van der Waals surface area contributed by atoms with Crippen LogP contribution in [0.25, 0.3) is 0 Å². The van der Waals surface area contributed by atoms with Gasteiger partial charge in [0.1, 0.15) is 12.3 Å². The second-order valence-electron chi connectivity index (χ2n) is 8.27. The van der Waals surface area contributed by atoms with E-state index in [0.29, 0.717) is 61.7 Å². The van der Waals surface area contributed by atoms with Crippen molar-refractivity contribution in [2.75, 3.05) is 46.5 Å². The lowest BCUT2D eigenvalue weighted by Crippen LogP contribution is -2.50. The van der Waals surface area contributed by atoms with Crippen LogP contribution in [0.2, 0.25) is 0 Å². The molecule has 0 atom stereocenters. The van der Waals surface area contributed by atoms with Crippen LogP contribution in [0.4, 0.5) is 0 Å². The van der Waals surface area contributed by atoms with Gasteiger partial charge in [0.25, 0.3) is 5.91 Å². The molecule has 8 heteroatoms. The maximum absolute atomic E-state index is 13.1. The van der Waals surface area contributed by atoms with E-state index in [0.717, 1.165) is 12.8 Å². The number of esters is 1. The van der Waals surface area contributed by atoms with Gasteiger partial charge in [-0.3, -0.25) is 9.59 Å². The smallest absolute Gasteiger partial charge is 0.340 e. The monoisotopic (exact) mass is 455 g/mol. The van der Waals surface area contributed by atoms with Crippen molar-refractivity contribution >= 4 is 17.8 Å². The minimum absolute atomic E-state index is 0.131. The van der Waals surface area contributed by atoms with E-state index in [-0.39, 0.29) is 18.4 Å². The molecule has 2 heterocycles. The van der Waals surface area contributed by atoms with Crippen molar-refractivity contribution in [2.24, 2.45) is 0 Å². The molecule has 1 aromatic heterocycles. The normalized spacial score (nSPS) is 13.8. The molecular formula is C25H33N3O5. The number of H-pyrrole nitrogens is 1. The first-order valence-corrected chi connectivity index (χ1v) is 11.4. The van der Waals surface area contributed by atoms with E-state index in [2.05, 4.69) is 17.1 Å². The lowest BCUT2D eigenvalue weighted by atomic mass is 10.1. The Hall–Kier alpha value is -3.13. The number of aryl methyl sites for hydroxylation is 2. The van der Waals surface area contributed by atoms with Gasteiger partial charge in [-0.15, -0.1) is 0 Å². The van der Waals surface area contributed by atoms with Crippen molar-refractivity contribution in [3.05, 3.63) is 58.4 Å². The standard InChI is InChI=1S/C25H33N3O5/c1-18-22(25(31)33-17-16-32-3)19(2)26-23(18)24(30)28-14-12-27(13-15-28)21(29)11-7-10-20-8-5-4-6-9-20/h4-6,8-9,26H,7,10-17H2,1-3H3. The molecule has 0 spiro atoms. The number of rotatable bonds is 9. The third-order valence-electron chi connectivity index (χ3n) is 5.99. The van der Waals surface area contributed by atoms with Crippen LogP contribution in [0, 0.1) is 13.8 Å². The van der Waals surface area contributed by atoms with E-state index >= 15 is 0 Å². The van der Waals surface area contributed by atoms with Crippen LogP contribution in [0.1, 0.15) is 50.5 Å². The minimum atomic E-state index is -0.469. The number of nitrogens with one attached hydrogen (secondary N) is 1. The average molecular weight is 456 g/mol. The van der Waals surface area contributed by atoms with Crippen molar-refractivity contribution in [1.82, 2.24) is 14.8 Å². The average Bonchev–Trinajstić information content (AvgIpc) is 3.13. The van der Waals surface area contributed by atoms with Crippen molar-refractivity contribution in [1.29, 1.82) is 0 Å². The Kier molecular flexibility index (Phi) is 8.65. The summed E-state index contributed by atoms with van der Waals surface area (Å²) >= 11 is 0. The Balaban J connectivity index is 1.51. The van der Waals surface area contributed by atoms with E-state index in [4.69, 9.17) is 9.47 Å². The fourth-order valence-electron chi connectivity index (χ4n) is 4.12. The summed E-state index contributed by atoms with van der Waals surface area (Å²) in [4.78, 5) is 44.7. The summed E-state index contributed by atoms with van der Waals surface area (Å²) in [7, 11) is 1.54. The minimum Gasteiger partial charge on any atom is -0.460 e. The van der Waals surface area contributed by atoms with E-state index < -0.39 is 5.97 Å². The second kappa shape index (κ2) is 11.7. The molecule has 2 amide bonds. The van der Waals surface area contributed by atoms with Gasteiger partial charge in [0.2, 0.25) is 5.91 Å². The molecule has 1 saturated heterocycles. The van der Waals surface area contributed by atoms with Gasteiger partial charge in [0.05, 0.1) is 12.2 Å². The highest BCUT2D eigenvalue weighted by Crippen LogP contribution is 2.21. The van der Waals surface area contributed by atoms with Gasteiger partial charge in [0, 0.05) is 45.4 Å². The molecule has 1 aromatic carbocycles. The molecule has 0 unspecified atom stereocenters. The van der Waals surface area contributed by atoms with Crippen LogP contribution < -0.4 is 0 Å². The number of aromatic amines is 1. The summed E-state index contributed by atoms with van der Waals surface area (Å²) in [6.07, 6.45) is 2.20. The number of nitrogens with zero attached hydrogens (tertiary/aromatic N) is 2. The highest BCUT2D eigenvalue weighted by Gasteiger charge is 2.29. The first-order valence-electron chi connectivity index (χ1n) is 11.4. The van der Waals surface area contributed by atoms with Crippen LogP contribution in [0.3, 0.4) is 0 Å². The highest BCUT2D eigenvalue weighted by molar-refractivity contribution is 6.00. The van der Waals surface area contributed by atoms with Gasteiger partial charge in [-0.2, -0.15) is 0 Å². The molecular weight excluding hydrogens is 422 g/mol. The predicted molar refractivity (Wildman–Crippen MR) is 124 cm³/mol. The summed E-state index contributed by atoms with van der Waals surface area (Å²) in [6.45, 7) is 5.93. The number of carbonyl (C=O) groups excluding carboxylic acids is 3. The number of piperazine rings is 1. The third-order valence-corrected chi connectivity index (χ3v) is 5.99. The van der Waals surface area contributed by atoms with Gasteiger partial charge in [-0.25, -0.2) is 4.79 Å². The predicted octanol–water partition coefficient (Wildman–Crippen LogP) is 2.74. The number of benzene rings is 1. The van der Waals surface area contributed by atoms with Crippen LogP contribution in [0.5, 0.6) is 0 Å². The Morgan fingerprint density at radius 2 is 1.64 bits per heavy atom. The summed E-state index contributed by atoms with van der Waals surface area (Å²) in [5.74, 6) is -0.503. The topological polar surface area (TPSA) is 91.9 Å². The fraction of sp³-hybridized carbons (Fsp3) is 0.480. The van der Waals surface area contributed by atoms with Crippen molar-refractivity contribution in [2.45, 2.75) is 33.1 Å². The molecule has 0 aliphatic carbocycles. The van der Waals surface area contributed by atoms with Gasteiger partial charge in [0.15, 0.2) is 0 Å². The van der Waals surface area contributed by atoms with Gasteiger partial charge in [-0.05, 0) is 37.8 Å². The van der Waals surface area contributed by atoms with E-state index in [1.807, 2.05) is 23.1 Å². The molecule has 178 valence electrons. The number of aromatic nitrogens is 1. The molecule has 8 nitrogen and oxygen atoms in total. The Morgan fingerprint density at radius 3 is 2.30 bits per heavy atom.